The van der Waals surface area contributed by atoms with Crippen LogP contribution in [0.3, 0.4) is 0 Å². The van der Waals surface area contributed by atoms with Crippen LogP contribution in [0, 0.1) is 5.82 Å². The van der Waals surface area contributed by atoms with Gasteiger partial charge in [0.25, 0.3) is 0 Å². The molecular weight excluding hydrogens is 415 g/mol. The third-order valence-corrected chi connectivity index (χ3v) is 6.85. The largest absolute Gasteiger partial charge is 0.367 e. The van der Waals surface area contributed by atoms with Gasteiger partial charge in [-0.2, -0.15) is 0 Å². The molecule has 6 nitrogen and oxygen atoms in total. The molecule has 0 N–H and O–H groups in total. The van der Waals surface area contributed by atoms with Crippen molar-refractivity contribution in [1.82, 2.24) is 25.1 Å². The number of anilines is 1. The molecule has 1 aliphatic heterocycles. The van der Waals surface area contributed by atoms with Gasteiger partial charge in [0.05, 0.1) is 17.8 Å². The first-order valence-electron chi connectivity index (χ1n) is 11.0. The van der Waals surface area contributed by atoms with E-state index >= 15 is 0 Å². The van der Waals surface area contributed by atoms with E-state index < -0.39 is 0 Å². The zero-order valence-electron chi connectivity index (χ0n) is 17.4. The number of para-hydroxylation sites is 1. The zero-order valence-corrected chi connectivity index (χ0v) is 18.1. The first-order chi connectivity index (χ1) is 15.2. The smallest absolute Gasteiger partial charge is 0.173 e. The summed E-state index contributed by atoms with van der Waals surface area (Å²) >= 11 is 6.65. The average molecular weight is 441 g/mol. The molecule has 0 amide bonds. The third-order valence-electron chi connectivity index (χ3n) is 6.51. The fourth-order valence-electron chi connectivity index (χ4n) is 4.91. The molecule has 0 unspecified atom stereocenters. The standard InChI is InChI=1S/C23H26ClFN6/c24-19-10-4-3-9-18(19)22(23-26-27-28-31(23)17-7-1-2-8-17)30-15-13-29(14-16-30)21-12-6-5-11-20(21)25/h3-6,9-12,17,22H,1-2,7-8,13-16H2/t22-/m1/s1. The quantitative estimate of drug-likeness (QED) is 0.585. The van der Waals surface area contributed by atoms with E-state index in [4.69, 9.17) is 11.6 Å². The van der Waals surface area contributed by atoms with E-state index in [2.05, 4.69) is 31.4 Å². The van der Waals surface area contributed by atoms with E-state index in [-0.39, 0.29) is 11.9 Å². The van der Waals surface area contributed by atoms with Gasteiger partial charge in [0.15, 0.2) is 5.82 Å². The van der Waals surface area contributed by atoms with Crippen LogP contribution in [-0.2, 0) is 0 Å². The van der Waals surface area contributed by atoms with Crippen LogP contribution < -0.4 is 4.90 Å². The maximum absolute atomic E-state index is 14.3. The van der Waals surface area contributed by atoms with Gasteiger partial charge in [-0.3, -0.25) is 4.90 Å². The summed E-state index contributed by atoms with van der Waals surface area (Å²) in [6.07, 6.45) is 4.63. The summed E-state index contributed by atoms with van der Waals surface area (Å²) < 4.78 is 16.3. The number of halogens is 2. The fourth-order valence-corrected chi connectivity index (χ4v) is 5.15. The van der Waals surface area contributed by atoms with Crippen LogP contribution in [0.4, 0.5) is 10.1 Å². The highest BCUT2D eigenvalue weighted by Gasteiger charge is 2.34. The first-order valence-corrected chi connectivity index (χ1v) is 11.4. The van der Waals surface area contributed by atoms with Gasteiger partial charge in [-0.25, -0.2) is 9.07 Å². The number of piperazine rings is 1. The summed E-state index contributed by atoms with van der Waals surface area (Å²) in [7, 11) is 0. The lowest BCUT2D eigenvalue weighted by Crippen LogP contribution is -2.48. The number of hydrogen-bond donors (Lipinski definition) is 0. The van der Waals surface area contributed by atoms with Crippen molar-refractivity contribution < 1.29 is 4.39 Å². The molecule has 1 atom stereocenters. The minimum absolute atomic E-state index is 0.132. The lowest BCUT2D eigenvalue weighted by Gasteiger charge is -2.40. The first kappa shape index (κ1) is 20.4. The number of hydrogen-bond acceptors (Lipinski definition) is 5. The van der Waals surface area contributed by atoms with E-state index in [9.17, 15) is 4.39 Å². The van der Waals surface area contributed by atoms with Gasteiger partial charge < -0.3 is 4.90 Å². The van der Waals surface area contributed by atoms with Gasteiger partial charge in [0.2, 0.25) is 0 Å². The topological polar surface area (TPSA) is 50.1 Å². The molecular formula is C23H26ClFN6. The molecule has 1 saturated heterocycles. The van der Waals surface area contributed by atoms with E-state index in [1.54, 1.807) is 6.07 Å². The minimum Gasteiger partial charge on any atom is -0.367 e. The summed E-state index contributed by atoms with van der Waals surface area (Å²) in [5, 5.41) is 13.6. The van der Waals surface area contributed by atoms with Crippen LogP contribution in [0.1, 0.15) is 49.2 Å². The van der Waals surface area contributed by atoms with Gasteiger partial charge in [0, 0.05) is 31.2 Å². The van der Waals surface area contributed by atoms with Crippen molar-refractivity contribution in [1.29, 1.82) is 0 Å². The van der Waals surface area contributed by atoms with Crippen molar-refractivity contribution >= 4 is 17.3 Å². The number of aromatic nitrogens is 4. The predicted octanol–water partition coefficient (Wildman–Crippen LogP) is 4.49. The summed E-state index contributed by atoms with van der Waals surface area (Å²) in [4.78, 5) is 4.48. The number of tetrazole rings is 1. The van der Waals surface area contributed by atoms with Crippen LogP contribution in [-0.4, -0.2) is 51.3 Å². The second-order valence-electron chi connectivity index (χ2n) is 8.32. The highest BCUT2D eigenvalue weighted by atomic mass is 35.5. The molecule has 0 spiro atoms. The Labute approximate surface area is 186 Å². The molecule has 1 aromatic heterocycles. The van der Waals surface area contributed by atoms with E-state index in [0.29, 0.717) is 16.8 Å². The fraction of sp³-hybridized carbons (Fsp3) is 0.435. The Kier molecular flexibility index (Phi) is 5.87. The third kappa shape index (κ3) is 4.04. The Hall–Kier alpha value is -2.51. The van der Waals surface area contributed by atoms with Gasteiger partial charge in [-0.1, -0.05) is 54.8 Å². The van der Waals surface area contributed by atoms with Crippen LogP contribution in [0.15, 0.2) is 48.5 Å². The number of nitrogens with zero attached hydrogens (tertiary/aromatic N) is 6. The second kappa shape index (κ2) is 8.93. The molecule has 31 heavy (non-hydrogen) atoms. The van der Waals surface area contributed by atoms with Crippen LogP contribution >= 0.6 is 11.6 Å². The molecule has 5 rings (SSSR count). The monoisotopic (exact) mass is 440 g/mol. The summed E-state index contributed by atoms with van der Waals surface area (Å²) in [6, 6.07) is 15.1. The van der Waals surface area contributed by atoms with Crippen molar-refractivity contribution in [2.75, 3.05) is 31.1 Å². The van der Waals surface area contributed by atoms with Gasteiger partial charge in [-0.05, 0) is 47.0 Å². The van der Waals surface area contributed by atoms with Crippen molar-refractivity contribution in [2.45, 2.75) is 37.8 Å². The van der Waals surface area contributed by atoms with Crippen molar-refractivity contribution in [2.24, 2.45) is 0 Å². The summed E-state index contributed by atoms with van der Waals surface area (Å²) in [6.45, 7) is 2.99. The SMILES string of the molecule is Fc1ccccc1N1CCN([C@H](c2ccccc2Cl)c2nnnn2C2CCCC2)CC1. The summed E-state index contributed by atoms with van der Waals surface area (Å²) in [5.74, 6) is 0.670. The van der Waals surface area contributed by atoms with E-state index in [0.717, 1.165) is 50.4 Å². The van der Waals surface area contributed by atoms with Gasteiger partial charge >= 0.3 is 0 Å². The number of benzene rings is 2. The van der Waals surface area contributed by atoms with Crippen LogP contribution in [0.25, 0.3) is 0 Å². The lowest BCUT2D eigenvalue weighted by molar-refractivity contribution is 0.197. The number of rotatable bonds is 5. The predicted molar refractivity (Wildman–Crippen MR) is 119 cm³/mol. The Balaban J connectivity index is 1.45. The van der Waals surface area contributed by atoms with Crippen molar-refractivity contribution in [3.8, 4) is 0 Å². The molecule has 8 heteroatoms. The van der Waals surface area contributed by atoms with Gasteiger partial charge in [-0.15, -0.1) is 5.10 Å². The molecule has 2 aromatic carbocycles. The molecule has 0 radical (unpaired) electrons. The van der Waals surface area contributed by atoms with Crippen molar-refractivity contribution in [3.63, 3.8) is 0 Å². The maximum Gasteiger partial charge on any atom is 0.173 e. The normalized spacial score (nSPS) is 19.1. The highest BCUT2D eigenvalue weighted by Crippen LogP contribution is 2.37. The van der Waals surface area contributed by atoms with E-state index in [1.165, 1.54) is 18.9 Å². The maximum atomic E-state index is 14.3. The molecule has 2 heterocycles. The van der Waals surface area contributed by atoms with Crippen LogP contribution in [0.5, 0.6) is 0 Å². The Bertz CT molecular complexity index is 1030. The molecule has 0 bridgehead atoms. The van der Waals surface area contributed by atoms with Gasteiger partial charge in [0.1, 0.15) is 5.82 Å². The van der Waals surface area contributed by atoms with Crippen molar-refractivity contribution in [3.05, 3.63) is 70.8 Å². The minimum atomic E-state index is -0.177. The highest BCUT2D eigenvalue weighted by molar-refractivity contribution is 6.31. The molecule has 2 fully saturated rings. The molecule has 3 aromatic rings. The molecule has 2 aliphatic rings. The second-order valence-corrected chi connectivity index (χ2v) is 8.73. The molecule has 1 aliphatic carbocycles. The van der Waals surface area contributed by atoms with Crippen LogP contribution in [0.2, 0.25) is 5.02 Å². The average Bonchev–Trinajstić information content (AvgIpc) is 3.48. The Morgan fingerprint density at radius 1 is 0.935 bits per heavy atom. The molecule has 1 saturated carbocycles. The Morgan fingerprint density at radius 3 is 2.39 bits per heavy atom. The van der Waals surface area contributed by atoms with E-state index in [1.807, 2.05) is 35.0 Å². The lowest BCUT2D eigenvalue weighted by atomic mass is 10.0. The zero-order chi connectivity index (χ0) is 21.2. The Morgan fingerprint density at radius 2 is 1.65 bits per heavy atom. The summed E-state index contributed by atoms with van der Waals surface area (Å²) in [5.41, 5.74) is 1.67. The molecule has 162 valence electrons.